The van der Waals surface area contributed by atoms with E-state index in [0.717, 1.165) is 11.1 Å². The van der Waals surface area contributed by atoms with Crippen molar-refractivity contribution in [3.63, 3.8) is 0 Å². The van der Waals surface area contributed by atoms with Gasteiger partial charge in [-0.3, -0.25) is 0 Å². The minimum Gasteiger partial charge on any atom is -0.390 e. The normalized spacial score (nSPS) is 15.7. The van der Waals surface area contributed by atoms with Crippen LogP contribution < -0.4 is 5.73 Å². The molecule has 1 rings (SSSR count). The Morgan fingerprint density at radius 2 is 2.15 bits per heavy atom. The maximum Gasteiger partial charge on any atom is 0.106 e. The number of hydrogen-bond donors (Lipinski definition) is 3. The van der Waals surface area contributed by atoms with Crippen molar-refractivity contribution in [2.45, 2.75) is 25.6 Å². The summed E-state index contributed by atoms with van der Waals surface area (Å²) in [5.41, 5.74) is 7.12. The zero-order chi connectivity index (χ0) is 9.84. The van der Waals surface area contributed by atoms with Crippen LogP contribution in [0.5, 0.6) is 0 Å². The molecular weight excluding hydrogens is 186 g/mol. The van der Waals surface area contributed by atoms with Crippen LogP contribution in [-0.2, 0) is 0 Å². The Labute approximate surface area is 81.8 Å². The largest absolute Gasteiger partial charge is 0.390 e. The van der Waals surface area contributed by atoms with Gasteiger partial charge in [-0.25, -0.2) is 0 Å². The van der Waals surface area contributed by atoms with Crippen molar-refractivity contribution in [1.82, 2.24) is 0 Å². The molecule has 74 valence electrons. The quantitative estimate of drug-likeness (QED) is 0.675. The number of hydrogen-bond acceptors (Lipinski definition) is 4. The molecule has 3 nitrogen and oxygen atoms in total. The van der Waals surface area contributed by atoms with Gasteiger partial charge in [-0.05, 0) is 41.8 Å². The molecule has 1 aromatic heterocycles. The van der Waals surface area contributed by atoms with Crippen LogP contribution in [0.15, 0.2) is 10.8 Å². The van der Waals surface area contributed by atoms with E-state index in [2.05, 4.69) is 0 Å². The average molecular weight is 201 g/mol. The third-order valence-corrected chi connectivity index (χ3v) is 2.92. The fraction of sp³-hybridized carbons (Fsp3) is 0.556. The second-order valence-corrected chi connectivity index (χ2v) is 3.84. The van der Waals surface area contributed by atoms with E-state index < -0.39 is 12.2 Å². The van der Waals surface area contributed by atoms with E-state index in [1.165, 1.54) is 11.3 Å². The molecule has 1 aromatic rings. The molecule has 0 saturated heterocycles. The maximum atomic E-state index is 9.69. The lowest BCUT2D eigenvalue weighted by Gasteiger charge is -2.16. The van der Waals surface area contributed by atoms with Gasteiger partial charge in [-0.15, -0.1) is 0 Å². The van der Waals surface area contributed by atoms with Crippen molar-refractivity contribution in [3.8, 4) is 0 Å². The lowest BCUT2D eigenvalue weighted by molar-refractivity contribution is 0.0149. The molecule has 4 N–H and O–H groups in total. The molecule has 1 heterocycles. The van der Waals surface area contributed by atoms with E-state index in [0.29, 0.717) is 13.0 Å². The van der Waals surface area contributed by atoms with E-state index in [1.807, 2.05) is 17.7 Å². The first-order chi connectivity index (χ1) is 6.16. The summed E-state index contributed by atoms with van der Waals surface area (Å²) in [7, 11) is 0. The number of aliphatic hydroxyl groups excluding tert-OH is 2. The third kappa shape index (κ3) is 2.51. The number of nitrogens with two attached hydrogens (primary N) is 1. The second kappa shape index (κ2) is 4.72. The average Bonchev–Trinajstić information content (AvgIpc) is 2.50. The summed E-state index contributed by atoms with van der Waals surface area (Å²) in [4.78, 5) is 0. The first kappa shape index (κ1) is 10.7. The van der Waals surface area contributed by atoms with Gasteiger partial charge in [0.1, 0.15) is 6.10 Å². The van der Waals surface area contributed by atoms with Crippen molar-refractivity contribution in [3.05, 3.63) is 21.9 Å². The number of thiophene rings is 1. The molecule has 0 aliphatic rings. The molecule has 0 aromatic carbocycles. The van der Waals surface area contributed by atoms with Crippen LogP contribution in [0.25, 0.3) is 0 Å². The summed E-state index contributed by atoms with van der Waals surface area (Å²) in [6.45, 7) is 2.31. The highest BCUT2D eigenvalue weighted by Crippen LogP contribution is 2.25. The molecule has 0 aliphatic heterocycles. The number of aryl methyl sites for hydroxylation is 1. The van der Waals surface area contributed by atoms with Crippen molar-refractivity contribution >= 4 is 11.3 Å². The molecule has 0 radical (unpaired) electrons. The first-order valence-corrected chi connectivity index (χ1v) is 5.20. The maximum absolute atomic E-state index is 9.69. The molecule has 4 heteroatoms. The van der Waals surface area contributed by atoms with E-state index >= 15 is 0 Å². The molecule has 2 unspecified atom stereocenters. The molecule has 0 amide bonds. The van der Waals surface area contributed by atoms with Crippen molar-refractivity contribution in [2.75, 3.05) is 6.54 Å². The highest BCUT2D eigenvalue weighted by atomic mass is 32.1. The van der Waals surface area contributed by atoms with Crippen molar-refractivity contribution < 1.29 is 10.2 Å². The topological polar surface area (TPSA) is 66.5 Å². The van der Waals surface area contributed by atoms with Crippen LogP contribution in [-0.4, -0.2) is 22.9 Å². The summed E-state index contributed by atoms with van der Waals surface area (Å²) in [5.74, 6) is 0. The standard InChI is InChI=1S/C9H15NO2S/c1-6-4-13-5-7(6)9(12)8(11)2-3-10/h4-5,8-9,11-12H,2-3,10H2,1H3. The van der Waals surface area contributed by atoms with E-state index in [9.17, 15) is 10.2 Å². The molecule has 2 atom stereocenters. The molecule has 0 spiro atoms. The van der Waals surface area contributed by atoms with E-state index in [1.54, 1.807) is 0 Å². The predicted octanol–water partition coefficient (Wildman–Crippen LogP) is 0.800. The molecule has 0 fully saturated rings. The van der Waals surface area contributed by atoms with Gasteiger partial charge < -0.3 is 15.9 Å². The van der Waals surface area contributed by atoms with Crippen LogP contribution in [0, 0.1) is 6.92 Å². The van der Waals surface area contributed by atoms with Crippen LogP contribution in [0.2, 0.25) is 0 Å². The predicted molar refractivity (Wildman–Crippen MR) is 53.7 cm³/mol. The smallest absolute Gasteiger partial charge is 0.106 e. The van der Waals surface area contributed by atoms with E-state index in [-0.39, 0.29) is 0 Å². The third-order valence-electron chi connectivity index (χ3n) is 2.04. The Bertz CT molecular complexity index is 262. The fourth-order valence-corrected chi connectivity index (χ4v) is 2.09. The molecule has 0 aliphatic carbocycles. The number of aliphatic hydroxyl groups is 2. The number of rotatable bonds is 4. The highest BCUT2D eigenvalue weighted by Gasteiger charge is 2.19. The first-order valence-electron chi connectivity index (χ1n) is 4.25. The SMILES string of the molecule is Cc1cscc1C(O)C(O)CCN. The summed E-state index contributed by atoms with van der Waals surface area (Å²) >= 11 is 1.53. The second-order valence-electron chi connectivity index (χ2n) is 3.10. The zero-order valence-electron chi connectivity index (χ0n) is 7.60. The van der Waals surface area contributed by atoms with Crippen molar-refractivity contribution in [2.24, 2.45) is 5.73 Å². The summed E-state index contributed by atoms with van der Waals surface area (Å²) < 4.78 is 0. The Morgan fingerprint density at radius 3 is 2.62 bits per heavy atom. The van der Waals surface area contributed by atoms with Crippen LogP contribution in [0.4, 0.5) is 0 Å². The lowest BCUT2D eigenvalue weighted by atomic mass is 10.0. The fourth-order valence-electron chi connectivity index (χ4n) is 1.21. The van der Waals surface area contributed by atoms with Gasteiger partial charge in [-0.2, -0.15) is 11.3 Å². The zero-order valence-corrected chi connectivity index (χ0v) is 8.42. The molecule has 13 heavy (non-hydrogen) atoms. The van der Waals surface area contributed by atoms with Gasteiger partial charge in [0.05, 0.1) is 6.10 Å². The van der Waals surface area contributed by atoms with Crippen LogP contribution in [0.1, 0.15) is 23.7 Å². The van der Waals surface area contributed by atoms with Crippen LogP contribution >= 0.6 is 11.3 Å². The van der Waals surface area contributed by atoms with Gasteiger partial charge in [0, 0.05) is 0 Å². The summed E-state index contributed by atoms with van der Waals surface area (Å²) in [6, 6.07) is 0. The minimum atomic E-state index is -0.796. The summed E-state index contributed by atoms with van der Waals surface area (Å²) in [5, 5.41) is 23.0. The minimum absolute atomic E-state index is 0.390. The molecule has 0 bridgehead atoms. The van der Waals surface area contributed by atoms with E-state index in [4.69, 9.17) is 5.73 Å². The lowest BCUT2D eigenvalue weighted by Crippen LogP contribution is -2.21. The van der Waals surface area contributed by atoms with Gasteiger partial charge in [0.25, 0.3) is 0 Å². The Balaban J connectivity index is 2.67. The molecular formula is C9H15NO2S. The monoisotopic (exact) mass is 201 g/mol. The van der Waals surface area contributed by atoms with Gasteiger partial charge in [-0.1, -0.05) is 0 Å². The summed E-state index contributed by atoms with van der Waals surface area (Å²) in [6.07, 6.45) is -1.12. The van der Waals surface area contributed by atoms with Gasteiger partial charge >= 0.3 is 0 Å². The van der Waals surface area contributed by atoms with Crippen LogP contribution in [0.3, 0.4) is 0 Å². The van der Waals surface area contributed by atoms with Gasteiger partial charge in [0.2, 0.25) is 0 Å². The Hall–Kier alpha value is -0.420. The van der Waals surface area contributed by atoms with Gasteiger partial charge in [0.15, 0.2) is 0 Å². The Kier molecular flexibility index (Phi) is 3.87. The Morgan fingerprint density at radius 1 is 1.46 bits per heavy atom. The van der Waals surface area contributed by atoms with Crippen molar-refractivity contribution in [1.29, 1.82) is 0 Å². The molecule has 0 saturated carbocycles. The highest BCUT2D eigenvalue weighted by molar-refractivity contribution is 7.08.